The van der Waals surface area contributed by atoms with Gasteiger partial charge in [0.05, 0.1) is 18.3 Å². The van der Waals surface area contributed by atoms with E-state index in [-0.39, 0.29) is 18.5 Å². The minimum atomic E-state index is -0.659. The van der Waals surface area contributed by atoms with Crippen LogP contribution in [0.1, 0.15) is 38.1 Å². The Balaban J connectivity index is 1.66. The lowest BCUT2D eigenvalue weighted by Crippen LogP contribution is -2.48. The van der Waals surface area contributed by atoms with Gasteiger partial charge >= 0.3 is 0 Å². The maximum Gasteiger partial charge on any atom is 0.237 e. The molecular weight excluding hydrogens is 376 g/mol. The maximum atomic E-state index is 13.5. The van der Waals surface area contributed by atoms with Crippen molar-refractivity contribution in [3.8, 4) is 17.5 Å². The van der Waals surface area contributed by atoms with Crippen LogP contribution in [0, 0.1) is 29.9 Å². The summed E-state index contributed by atoms with van der Waals surface area (Å²) in [4.78, 5) is 21.7. The first-order valence-corrected chi connectivity index (χ1v) is 9.64. The molecule has 6 nitrogen and oxygen atoms in total. The first-order valence-electron chi connectivity index (χ1n) is 9.64. The number of aryl methyl sites for hydroxylation is 1. The van der Waals surface area contributed by atoms with Crippen LogP contribution in [-0.2, 0) is 11.2 Å². The highest BCUT2D eigenvalue weighted by molar-refractivity contribution is 5.79. The first-order chi connectivity index (χ1) is 13.7. The zero-order valence-corrected chi connectivity index (χ0v) is 16.9. The molecule has 1 aliphatic rings. The number of rotatable bonds is 6. The third kappa shape index (κ3) is 4.98. The molecule has 8 heteroatoms. The van der Waals surface area contributed by atoms with Gasteiger partial charge in [-0.05, 0) is 45.7 Å². The summed E-state index contributed by atoms with van der Waals surface area (Å²) in [6, 6.07) is 5.12. The van der Waals surface area contributed by atoms with E-state index in [1.807, 2.05) is 20.8 Å². The number of nitriles is 1. The number of nitrogens with one attached hydrogen (secondary N) is 2. The van der Waals surface area contributed by atoms with E-state index < -0.39 is 17.2 Å². The lowest BCUT2D eigenvalue weighted by atomic mass is 9.97. The van der Waals surface area contributed by atoms with Gasteiger partial charge < -0.3 is 15.2 Å². The van der Waals surface area contributed by atoms with Crippen molar-refractivity contribution in [1.82, 2.24) is 20.2 Å². The summed E-state index contributed by atoms with van der Waals surface area (Å²) in [5, 5.41) is 12.4. The third-order valence-electron chi connectivity index (χ3n) is 5.17. The smallest absolute Gasteiger partial charge is 0.237 e. The number of likely N-dealkylation sites (tertiary alicyclic amines) is 1. The molecule has 2 aromatic rings. The van der Waals surface area contributed by atoms with E-state index >= 15 is 0 Å². The first kappa shape index (κ1) is 20.9. The molecular formula is C21H25F2N5O. The Hall–Kier alpha value is -2.79. The summed E-state index contributed by atoms with van der Waals surface area (Å²) in [6.45, 7) is 6.52. The van der Waals surface area contributed by atoms with Crippen molar-refractivity contribution in [3.63, 3.8) is 0 Å². The van der Waals surface area contributed by atoms with Crippen LogP contribution < -0.4 is 5.32 Å². The molecule has 0 saturated carbocycles. The second-order valence-electron chi connectivity index (χ2n) is 8.10. The van der Waals surface area contributed by atoms with Gasteiger partial charge in [-0.3, -0.25) is 4.79 Å². The highest BCUT2D eigenvalue weighted by Gasteiger charge is 2.30. The Bertz CT molecular complexity index is 927. The summed E-state index contributed by atoms with van der Waals surface area (Å²) in [7, 11) is 0. The number of nitrogens with zero attached hydrogens (tertiary/aromatic N) is 3. The molecule has 1 saturated heterocycles. The molecule has 1 fully saturated rings. The van der Waals surface area contributed by atoms with E-state index in [1.54, 1.807) is 4.90 Å². The minimum absolute atomic E-state index is 0.0863. The number of carbonyl (C=O) groups excluding carboxylic acids is 1. The molecule has 1 aromatic carbocycles. The monoisotopic (exact) mass is 401 g/mol. The number of amides is 1. The fourth-order valence-corrected chi connectivity index (χ4v) is 3.59. The molecule has 154 valence electrons. The summed E-state index contributed by atoms with van der Waals surface area (Å²) in [5.41, 5.74) is 1.46. The predicted molar refractivity (Wildman–Crippen MR) is 105 cm³/mol. The van der Waals surface area contributed by atoms with Crippen molar-refractivity contribution in [1.29, 1.82) is 5.26 Å². The molecule has 1 amide bonds. The number of aromatic nitrogens is 2. The normalized spacial score (nSPS) is 16.8. The molecule has 29 heavy (non-hydrogen) atoms. The van der Waals surface area contributed by atoms with Crippen LogP contribution in [0.5, 0.6) is 0 Å². The Morgan fingerprint density at radius 2 is 2.07 bits per heavy atom. The fraction of sp³-hybridized carbons (Fsp3) is 0.476. The molecule has 0 unspecified atom stereocenters. The number of hydrogen-bond acceptors (Lipinski definition) is 4. The van der Waals surface area contributed by atoms with Gasteiger partial charge in [-0.15, -0.1) is 0 Å². The Labute approximate surface area is 168 Å². The van der Waals surface area contributed by atoms with Crippen molar-refractivity contribution in [2.75, 3.05) is 13.1 Å². The standard InChI is InChI=1S/C21H25F2N5O/c1-13-18(27-20(26-13)14-7-15(22)9-16(23)8-14)10-21(2,3)25-12-19(29)28-6-4-5-17(28)11-24/h7-9,17,25H,4-6,10,12H2,1-3H3,(H,26,27)/t17-/m0/s1. The minimum Gasteiger partial charge on any atom is -0.342 e. The predicted octanol–water partition coefficient (Wildman–Crippen LogP) is 3.09. The van der Waals surface area contributed by atoms with Crippen molar-refractivity contribution < 1.29 is 13.6 Å². The van der Waals surface area contributed by atoms with Crippen LogP contribution in [0.3, 0.4) is 0 Å². The summed E-state index contributed by atoms with van der Waals surface area (Å²) >= 11 is 0. The molecule has 0 bridgehead atoms. The number of benzene rings is 1. The second kappa shape index (κ2) is 8.29. The van der Waals surface area contributed by atoms with Crippen molar-refractivity contribution in [2.24, 2.45) is 0 Å². The van der Waals surface area contributed by atoms with Gasteiger partial charge in [0.1, 0.15) is 23.5 Å². The van der Waals surface area contributed by atoms with E-state index in [2.05, 4.69) is 21.4 Å². The molecule has 0 radical (unpaired) electrons. The fourth-order valence-electron chi connectivity index (χ4n) is 3.59. The number of hydrogen-bond donors (Lipinski definition) is 2. The van der Waals surface area contributed by atoms with E-state index in [0.29, 0.717) is 24.4 Å². The van der Waals surface area contributed by atoms with Gasteiger partial charge in [0.15, 0.2) is 0 Å². The van der Waals surface area contributed by atoms with E-state index in [4.69, 9.17) is 5.26 Å². The van der Waals surface area contributed by atoms with Gasteiger partial charge in [0.25, 0.3) is 0 Å². The quantitative estimate of drug-likeness (QED) is 0.779. The lowest BCUT2D eigenvalue weighted by molar-refractivity contribution is -0.130. The number of halogens is 2. The SMILES string of the molecule is Cc1[nH]c(-c2cc(F)cc(F)c2)nc1CC(C)(C)NCC(=O)N1CCC[C@H]1C#N. The zero-order valence-electron chi connectivity index (χ0n) is 16.9. The number of carbonyl (C=O) groups is 1. The van der Waals surface area contributed by atoms with Crippen LogP contribution in [0.4, 0.5) is 8.78 Å². The van der Waals surface area contributed by atoms with Crippen molar-refractivity contribution in [3.05, 3.63) is 41.2 Å². The highest BCUT2D eigenvalue weighted by Crippen LogP contribution is 2.23. The number of H-pyrrole nitrogens is 1. The Morgan fingerprint density at radius 1 is 1.38 bits per heavy atom. The van der Waals surface area contributed by atoms with E-state index in [1.165, 1.54) is 12.1 Å². The van der Waals surface area contributed by atoms with Gasteiger partial charge in [-0.1, -0.05) is 0 Å². The number of aromatic amines is 1. The summed E-state index contributed by atoms with van der Waals surface area (Å²) < 4.78 is 27.0. The molecule has 2 heterocycles. The molecule has 2 N–H and O–H groups in total. The van der Waals surface area contributed by atoms with Crippen LogP contribution in [0.25, 0.3) is 11.4 Å². The highest BCUT2D eigenvalue weighted by atomic mass is 19.1. The van der Waals surface area contributed by atoms with Gasteiger partial charge in [-0.25, -0.2) is 13.8 Å². The molecule has 3 rings (SSSR count). The van der Waals surface area contributed by atoms with Crippen LogP contribution in [0.15, 0.2) is 18.2 Å². The molecule has 1 aliphatic heterocycles. The Morgan fingerprint density at radius 3 is 2.72 bits per heavy atom. The summed E-state index contributed by atoms with van der Waals surface area (Å²) in [5.74, 6) is -1.00. The van der Waals surface area contributed by atoms with E-state index in [0.717, 1.165) is 30.3 Å². The average molecular weight is 401 g/mol. The van der Waals surface area contributed by atoms with Gasteiger partial charge in [0.2, 0.25) is 5.91 Å². The molecule has 1 atom stereocenters. The topological polar surface area (TPSA) is 84.8 Å². The van der Waals surface area contributed by atoms with Crippen LogP contribution in [0.2, 0.25) is 0 Å². The number of imidazole rings is 1. The summed E-state index contributed by atoms with van der Waals surface area (Å²) in [6.07, 6.45) is 2.09. The zero-order chi connectivity index (χ0) is 21.2. The van der Waals surface area contributed by atoms with Gasteiger partial charge in [-0.2, -0.15) is 5.26 Å². The van der Waals surface area contributed by atoms with Gasteiger partial charge in [0, 0.05) is 35.8 Å². The van der Waals surface area contributed by atoms with E-state index in [9.17, 15) is 13.6 Å². The second-order valence-corrected chi connectivity index (χ2v) is 8.10. The van der Waals surface area contributed by atoms with Crippen molar-refractivity contribution in [2.45, 2.75) is 51.6 Å². The molecule has 1 aromatic heterocycles. The Kier molecular flexibility index (Phi) is 5.99. The average Bonchev–Trinajstić information content (AvgIpc) is 3.25. The van der Waals surface area contributed by atoms with Crippen LogP contribution >= 0.6 is 0 Å². The lowest BCUT2D eigenvalue weighted by Gasteiger charge is -2.28. The van der Waals surface area contributed by atoms with Crippen LogP contribution in [-0.4, -0.2) is 45.4 Å². The maximum absolute atomic E-state index is 13.5. The van der Waals surface area contributed by atoms with Crippen molar-refractivity contribution >= 4 is 5.91 Å². The molecule has 0 aliphatic carbocycles. The molecule has 0 spiro atoms. The largest absolute Gasteiger partial charge is 0.342 e. The third-order valence-corrected chi connectivity index (χ3v) is 5.17.